The summed E-state index contributed by atoms with van der Waals surface area (Å²) in [6.07, 6.45) is 1.65. The summed E-state index contributed by atoms with van der Waals surface area (Å²) in [5.74, 6) is 0.456. The summed E-state index contributed by atoms with van der Waals surface area (Å²) in [5, 5.41) is 6.91. The van der Waals surface area contributed by atoms with Gasteiger partial charge in [-0.05, 0) is 37.6 Å². The molecule has 0 aliphatic heterocycles. The van der Waals surface area contributed by atoms with Gasteiger partial charge in [0.1, 0.15) is 5.75 Å². The number of aromatic nitrogens is 2. The Morgan fingerprint density at radius 1 is 1.50 bits per heavy atom. The van der Waals surface area contributed by atoms with Crippen LogP contribution in [0.15, 0.2) is 24.4 Å². The van der Waals surface area contributed by atoms with Gasteiger partial charge in [-0.3, -0.25) is 9.48 Å². The van der Waals surface area contributed by atoms with Crippen molar-refractivity contribution in [2.45, 2.75) is 20.4 Å². The van der Waals surface area contributed by atoms with Gasteiger partial charge in [0, 0.05) is 18.4 Å². The molecule has 0 aliphatic rings. The Bertz CT molecular complexity index is 634. The van der Waals surface area contributed by atoms with E-state index < -0.39 is 0 Å². The van der Waals surface area contributed by atoms with Crippen LogP contribution in [-0.4, -0.2) is 22.8 Å². The molecule has 0 bridgehead atoms. The Balaban J connectivity index is 2.18. The van der Waals surface area contributed by atoms with Gasteiger partial charge in [0.05, 0.1) is 12.8 Å². The second-order valence-electron chi connectivity index (χ2n) is 4.43. The molecule has 1 heterocycles. The molecule has 0 atom stereocenters. The lowest BCUT2D eigenvalue weighted by atomic mass is 10.2. The Kier molecular flexibility index (Phi) is 3.93. The number of methoxy groups -OCH3 is 1. The Hall–Kier alpha value is -2.50. The molecule has 0 aliphatic carbocycles. The Morgan fingerprint density at radius 2 is 2.25 bits per heavy atom. The van der Waals surface area contributed by atoms with Crippen LogP contribution < -0.4 is 15.8 Å². The van der Waals surface area contributed by atoms with Crippen molar-refractivity contribution in [1.29, 1.82) is 0 Å². The number of ether oxygens (including phenoxy) is 1. The van der Waals surface area contributed by atoms with Crippen LogP contribution in [0.4, 0.5) is 11.4 Å². The third-order valence-electron chi connectivity index (χ3n) is 2.98. The molecule has 1 aromatic carbocycles. The molecule has 0 radical (unpaired) electrons. The largest absolute Gasteiger partial charge is 0.496 e. The first kappa shape index (κ1) is 13.9. The van der Waals surface area contributed by atoms with Crippen molar-refractivity contribution in [3.63, 3.8) is 0 Å². The van der Waals surface area contributed by atoms with Crippen molar-refractivity contribution in [3.05, 3.63) is 35.7 Å². The van der Waals surface area contributed by atoms with E-state index in [1.807, 2.05) is 19.9 Å². The Morgan fingerprint density at radius 3 is 2.80 bits per heavy atom. The molecule has 6 nitrogen and oxygen atoms in total. The van der Waals surface area contributed by atoms with Gasteiger partial charge in [-0.1, -0.05) is 0 Å². The second-order valence-corrected chi connectivity index (χ2v) is 4.43. The minimum atomic E-state index is -0.320. The zero-order valence-corrected chi connectivity index (χ0v) is 11.8. The third kappa shape index (κ3) is 2.74. The number of rotatable bonds is 4. The summed E-state index contributed by atoms with van der Waals surface area (Å²) in [5.41, 5.74) is 8.01. The molecule has 20 heavy (non-hydrogen) atoms. The Labute approximate surface area is 117 Å². The highest BCUT2D eigenvalue weighted by molar-refractivity contribution is 6.06. The van der Waals surface area contributed by atoms with Crippen molar-refractivity contribution < 1.29 is 9.53 Å². The molecule has 2 rings (SSSR count). The van der Waals surface area contributed by atoms with E-state index in [2.05, 4.69) is 10.4 Å². The number of nitrogens with zero attached hydrogens (tertiary/aromatic N) is 2. The molecule has 0 saturated heterocycles. The zero-order chi connectivity index (χ0) is 14.7. The van der Waals surface area contributed by atoms with Crippen LogP contribution in [0.5, 0.6) is 5.75 Å². The number of benzene rings is 1. The van der Waals surface area contributed by atoms with Crippen LogP contribution in [0, 0.1) is 6.92 Å². The van der Waals surface area contributed by atoms with Gasteiger partial charge in [0.2, 0.25) is 0 Å². The van der Waals surface area contributed by atoms with E-state index in [0.29, 0.717) is 17.9 Å². The molecule has 1 aromatic heterocycles. The smallest absolute Gasteiger partial charge is 0.278 e. The van der Waals surface area contributed by atoms with E-state index in [4.69, 9.17) is 10.5 Å². The van der Waals surface area contributed by atoms with Gasteiger partial charge < -0.3 is 15.8 Å². The fourth-order valence-electron chi connectivity index (χ4n) is 1.92. The summed E-state index contributed by atoms with van der Waals surface area (Å²) < 4.78 is 6.81. The maximum absolute atomic E-state index is 12.1. The maximum Gasteiger partial charge on any atom is 0.278 e. The predicted molar refractivity (Wildman–Crippen MR) is 78.0 cm³/mol. The van der Waals surface area contributed by atoms with E-state index in [1.54, 1.807) is 30.1 Å². The number of nitrogens with two attached hydrogens (primary N) is 1. The van der Waals surface area contributed by atoms with Crippen molar-refractivity contribution >= 4 is 17.3 Å². The zero-order valence-electron chi connectivity index (χ0n) is 11.8. The van der Waals surface area contributed by atoms with Crippen molar-refractivity contribution in [2.75, 3.05) is 18.2 Å². The van der Waals surface area contributed by atoms with Crippen LogP contribution in [0.3, 0.4) is 0 Å². The maximum atomic E-state index is 12.1. The number of amides is 1. The minimum absolute atomic E-state index is 0.236. The molecular weight excluding hydrogens is 256 g/mol. The average molecular weight is 274 g/mol. The van der Waals surface area contributed by atoms with Gasteiger partial charge in [0.15, 0.2) is 5.69 Å². The molecule has 0 unspecified atom stereocenters. The molecule has 0 spiro atoms. The molecule has 1 amide bonds. The van der Waals surface area contributed by atoms with Gasteiger partial charge in [0.25, 0.3) is 5.91 Å². The van der Waals surface area contributed by atoms with E-state index in [1.165, 1.54) is 0 Å². The highest BCUT2D eigenvalue weighted by Gasteiger charge is 2.15. The molecule has 0 fully saturated rings. The minimum Gasteiger partial charge on any atom is -0.496 e. The topological polar surface area (TPSA) is 82.2 Å². The molecule has 106 valence electrons. The van der Waals surface area contributed by atoms with Gasteiger partial charge >= 0.3 is 0 Å². The quantitative estimate of drug-likeness (QED) is 0.894. The number of hydrogen-bond donors (Lipinski definition) is 2. The summed E-state index contributed by atoms with van der Waals surface area (Å²) in [7, 11) is 1.61. The molecular formula is C14H18N4O2. The first-order valence-electron chi connectivity index (χ1n) is 6.34. The number of hydrogen-bond acceptors (Lipinski definition) is 4. The lowest BCUT2D eigenvalue weighted by molar-refractivity contribution is 0.102. The summed E-state index contributed by atoms with van der Waals surface area (Å²) in [4.78, 5) is 12.1. The lowest BCUT2D eigenvalue weighted by Crippen LogP contribution is -2.14. The summed E-state index contributed by atoms with van der Waals surface area (Å²) in [6, 6.07) is 5.42. The van der Waals surface area contributed by atoms with E-state index >= 15 is 0 Å². The lowest BCUT2D eigenvalue weighted by Gasteiger charge is -2.08. The first-order valence-corrected chi connectivity index (χ1v) is 6.34. The number of nitrogen functional groups attached to an aromatic ring is 1. The van der Waals surface area contributed by atoms with Crippen LogP contribution >= 0.6 is 0 Å². The van der Waals surface area contributed by atoms with Crippen molar-refractivity contribution in [2.24, 2.45) is 0 Å². The molecule has 6 heteroatoms. The highest BCUT2D eigenvalue weighted by atomic mass is 16.5. The summed E-state index contributed by atoms with van der Waals surface area (Å²) in [6.45, 7) is 4.51. The number of carbonyl (C=O) groups is 1. The first-order chi connectivity index (χ1) is 9.55. The number of carbonyl (C=O) groups excluding carboxylic acids is 1. The standard InChI is InChI=1S/C14H18N4O2/c1-4-18-8-11(15)13(17-18)14(19)16-10-5-6-12(20-3)9(2)7-10/h5-8H,4,15H2,1-3H3,(H,16,19). The SMILES string of the molecule is CCn1cc(N)c(C(=O)Nc2ccc(OC)c(C)c2)n1. The van der Waals surface area contributed by atoms with Crippen LogP contribution in [0.2, 0.25) is 0 Å². The summed E-state index contributed by atoms with van der Waals surface area (Å²) >= 11 is 0. The van der Waals surface area contributed by atoms with Crippen LogP contribution in [-0.2, 0) is 6.54 Å². The van der Waals surface area contributed by atoms with Crippen molar-refractivity contribution in [1.82, 2.24) is 9.78 Å². The second kappa shape index (κ2) is 5.64. The molecule has 2 aromatic rings. The van der Waals surface area contributed by atoms with Crippen LogP contribution in [0.1, 0.15) is 23.0 Å². The highest BCUT2D eigenvalue weighted by Crippen LogP contribution is 2.22. The van der Waals surface area contributed by atoms with E-state index in [-0.39, 0.29) is 11.6 Å². The third-order valence-corrected chi connectivity index (χ3v) is 2.98. The normalized spacial score (nSPS) is 10.3. The fraction of sp³-hybridized carbons (Fsp3) is 0.286. The van der Waals surface area contributed by atoms with E-state index in [9.17, 15) is 4.79 Å². The van der Waals surface area contributed by atoms with Gasteiger partial charge in [-0.25, -0.2) is 0 Å². The average Bonchev–Trinajstić information content (AvgIpc) is 2.80. The fourth-order valence-corrected chi connectivity index (χ4v) is 1.92. The number of aryl methyl sites for hydroxylation is 2. The van der Waals surface area contributed by atoms with Gasteiger partial charge in [-0.15, -0.1) is 0 Å². The van der Waals surface area contributed by atoms with Crippen molar-refractivity contribution in [3.8, 4) is 5.75 Å². The molecule has 0 saturated carbocycles. The number of nitrogens with one attached hydrogen (secondary N) is 1. The molecule has 3 N–H and O–H groups in total. The van der Waals surface area contributed by atoms with Crippen LogP contribution in [0.25, 0.3) is 0 Å². The predicted octanol–water partition coefficient (Wildman–Crippen LogP) is 2.05. The van der Waals surface area contributed by atoms with Gasteiger partial charge in [-0.2, -0.15) is 5.10 Å². The number of anilines is 2. The van der Waals surface area contributed by atoms with E-state index in [0.717, 1.165) is 11.3 Å². The monoisotopic (exact) mass is 274 g/mol.